The van der Waals surface area contributed by atoms with Crippen molar-refractivity contribution in [2.24, 2.45) is 0 Å². The number of anilines is 3. The second-order valence-electron chi connectivity index (χ2n) is 5.92. The van der Waals surface area contributed by atoms with Gasteiger partial charge >= 0.3 is 0 Å². The Balaban J connectivity index is 2.19. The molecule has 0 saturated heterocycles. The summed E-state index contributed by atoms with van der Waals surface area (Å²) in [5.74, 6) is -2.70. The van der Waals surface area contributed by atoms with E-state index in [2.05, 4.69) is 10.3 Å². The highest BCUT2D eigenvalue weighted by atomic mass is 16.4. The van der Waals surface area contributed by atoms with Crippen LogP contribution in [0.15, 0.2) is 48.7 Å². The molecule has 0 radical (unpaired) electrons. The molecular formula is C19H15N3O4-2. The molecular weight excluding hydrogens is 334 g/mol. The van der Waals surface area contributed by atoms with Crippen molar-refractivity contribution in [3.63, 3.8) is 0 Å². The number of carboxylic acids is 2. The number of carboxylic acid groups (broad SMARTS) is 2. The number of hydrogen-bond acceptors (Lipinski definition) is 7. The van der Waals surface area contributed by atoms with Crippen molar-refractivity contribution < 1.29 is 19.8 Å². The molecule has 0 unspecified atom stereocenters. The van der Waals surface area contributed by atoms with Crippen LogP contribution in [0.25, 0.3) is 10.9 Å². The molecule has 1 N–H and O–H groups in total. The molecule has 26 heavy (non-hydrogen) atoms. The van der Waals surface area contributed by atoms with E-state index < -0.39 is 11.9 Å². The van der Waals surface area contributed by atoms with Gasteiger partial charge in [0.1, 0.15) is 0 Å². The van der Waals surface area contributed by atoms with Crippen LogP contribution in [0.1, 0.15) is 20.7 Å². The average Bonchev–Trinajstić information content (AvgIpc) is 2.61. The van der Waals surface area contributed by atoms with Gasteiger partial charge in [-0.05, 0) is 35.9 Å². The van der Waals surface area contributed by atoms with Gasteiger partial charge in [-0.15, -0.1) is 0 Å². The molecule has 0 amide bonds. The maximum Gasteiger partial charge on any atom is 0.0752 e. The molecule has 7 heteroatoms. The number of carbonyl (C=O) groups excluding carboxylic acids is 2. The highest BCUT2D eigenvalue weighted by Gasteiger charge is 2.12. The Labute approximate surface area is 149 Å². The summed E-state index contributed by atoms with van der Waals surface area (Å²) in [5.41, 5.74) is 2.02. The predicted octanol–water partition coefficient (Wildman–Crippen LogP) is 0.771. The van der Waals surface area contributed by atoms with Crippen molar-refractivity contribution >= 4 is 39.9 Å². The van der Waals surface area contributed by atoms with Crippen LogP contribution in [0.4, 0.5) is 17.1 Å². The van der Waals surface area contributed by atoms with E-state index in [0.29, 0.717) is 16.6 Å². The first-order valence-corrected chi connectivity index (χ1v) is 7.76. The van der Waals surface area contributed by atoms with Gasteiger partial charge in [-0.3, -0.25) is 4.98 Å². The number of benzene rings is 2. The molecule has 1 aromatic heterocycles. The second-order valence-corrected chi connectivity index (χ2v) is 5.92. The molecule has 0 aliphatic carbocycles. The minimum absolute atomic E-state index is 0.0163. The molecule has 132 valence electrons. The summed E-state index contributed by atoms with van der Waals surface area (Å²) in [5, 5.41) is 26.2. The van der Waals surface area contributed by atoms with Gasteiger partial charge in [-0.2, -0.15) is 0 Å². The summed E-state index contributed by atoms with van der Waals surface area (Å²) in [6.07, 6.45) is 1.22. The van der Waals surface area contributed by atoms with Gasteiger partial charge in [-0.25, -0.2) is 0 Å². The fourth-order valence-electron chi connectivity index (χ4n) is 2.62. The van der Waals surface area contributed by atoms with Crippen molar-refractivity contribution in [1.29, 1.82) is 0 Å². The molecule has 3 aromatic rings. The van der Waals surface area contributed by atoms with Crippen LogP contribution in [-0.4, -0.2) is 31.0 Å². The molecule has 0 spiro atoms. The van der Waals surface area contributed by atoms with Crippen LogP contribution >= 0.6 is 0 Å². The molecule has 0 saturated carbocycles. The first-order valence-electron chi connectivity index (χ1n) is 7.76. The third-order valence-corrected chi connectivity index (χ3v) is 3.96. The molecule has 0 aliphatic heterocycles. The Hall–Kier alpha value is -3.61. The highest BCUT2D eigenvalue weighted by molar-refractivity contribution is 6.05. The number of nitrogens with one attached hydrogen (secondary N) is 1. The molecule has 0 atom stereocenters. The standard InChI is InChI=1S/C19H17N3O4/c1-22(2)13-6-7-16-14(9-13)17(15(10-20-16)19(25)26)21-12-5-3-4-11(8-12)18(23)24/h3-10H,1-2H3,(H,20,21)(H,23,24)(H,25,26)/p-2. The van der Waals surface area contributed by atoms with Crippen LogP contribution in [0, 0.1) is 0 Å². The largest absolute Gasteiger partial charge is 0.545 e. The third kappa shape index (κ3) is 3.27. The first kappa shape index (κ1) is 17.2. The average molecular weight is 349 g/mol. The summed E-state index contributed by atoms with van der Waals surface area (Å²) in [4.78, 5) is 28.6. The van der Waals surface area contributed by atoms with E-state index in [4.69, 9.17) is 0 Å². The number of aromatic nitrogens is 1. The topological polar surface area (TPSA) is 108 Å². The number of rotatable bonds is 5. The fraction of sp³-hybridized carbons (Fsp3) is 0.105. The molecule has 0 fully saturated rings. The second kappa shape index (κ2) is 6.72. The summed E-state index contributed by atoms with van der Waals surface area (Å²) >= 11 is 0. The van der Waals surface area contributed by atoms with E-state index in [9.17, 15) is 19.8 Å². The van der Waals surface area contributed by atoms with Crippen molar-refractivity contribution in [3.05, 3.63) is 59.8 Å². The monoisotopic (exact) mass is 349 g/mol. The van der Waals surface area contributed by atoms with Crippen molar-refractivity contribution in [2.75, 3.05) is 24.3 Å². The summed E-state index contributed by atoms with van der Waals surface area (Å²) in [6, 6.07) is 11.4. The van der Waals surface area contributed by atoms with Crippen LogP contribution in [0.2, 0.25) is 0 Å². The van der Waals surface area contributed by atoms with Gasteiger partial charge in [0.2, 0.25) is 0 Å². The van der Waals surface area contributed by atoms with Crippen LogP contribution in [0.5, 0.6) is 0 Å². The maximum absolute atomic E-state index is 11.5. The van der Waals surface area contributed by atoms with Crippen molar-refractivity contribution in [1.82, 2.24) is 4.98 Å². The number of carbonyl (C=O) groups is 2. The normalized spacial score (nSPS) is 10.5. The van der Waals surface area contributed by atoms with Gasteiger partial charge in [0.25, 0.3) is 0 Å². The lowest BCUT2D eigenvalue weighted by Crippen LogP contribution is -2.24. The van der Waals surface area contributed by atoms with E-state index in [1.165, 1.54) is 18.3 Å². The van der Waals surface area contributed by atoms with Crippen molar-refractivity contribution in [2.45, 2.75) is 0 Å². The van der Waals surface area contributed by atoms with Crippen LogP contribution in [-0.2, 0) is 0 Å². The number of fused-ring (bicyclic) bond motifs is 1. The van der Waals surface area contributed by atoms with E-state index in [1.807, 2.05) is 25.1 Å². The first-order chi connectivity index (χ1) is 12.4. The Morgan fingerprint density at radius 3 is 2.46 bits per heavy atom. The lowest BCUT2D eigenvalue weighted by atomic mass is 10.1. The van der Waals surface area contributed by atoms with Gasteiger partial charge in [0.05, 0.1) is 23.1 Å². The predicted molar refractivity (Wildman–Crippen MR) is 94.5 cm³/mol. The lowest BCUT2D eigenvalue weighted by Gasteiger charge is -2.18. The zero-order chi connectivity index (χ0) is 18.8. The Kier molecular flexibility index (Phi) is 4.45. The van der Waals surface area contributed by atoms with E-state index >= 15 is 0 Å². The number of hydrogen-bond donors (Lipinski definition) is 1. The number of nitrogens with zero attached hydrogens (tertiary/aromatic N) is 2. The third-order valence-electron chi connectivity index (χ3n) is 3.96. The molecule has 0 aliphatic rings. The summed E-state index contributed by atoms with van der Waals surface area (Å²) in [6.45, 7) is 0. The Bertz CT molecular complexity index is 1010. The van der Waals surface area contributed by atoms with Gasteiger partial charge < -0.3 is 30.0 Å². The zero-order valence-electron chi connectivity index (χ0n) is 14.1. The van der Waals surface area contributed by atoms with Crippen molar-refractivity contribution in [3.8, 4) is 0 Å². The lowest BCUT2D eigenvalue weighted by molar-refractivity contribution is -0.256. The number of pyridine rings is 1. The summed E-state index contributed by atoms with van der Waals surface area (Å²) in [7, 11) is 3.74. The molecule has 3 rings (SSSR count). The molecule has 1 heterocycles. The quantitative estimate of drug-likeness (QED) is 0.725. The maximum atomic E-state index is 11.5. The Morgan fingerprint density at radius 1 is 1.04 bits per heavy atom. The SMILES string of the molecule is CN(C)c1ccc2ncc(C(=O)[O-])c(Nc3cccc(C(=O)[O-])c3)c2c1. The van der Waals surface area contributed by atoms with Gasteiger partial charge in [0, 0.05) is 42.6 Å². The van der Waals surface area contributed by atoms with Gasteiger partial charge in [-0.1, -0.05) is 12.1 Å². The van der Waals surface area contributed by atoms with Crippen LogP contribution in [0.3, 0.4) is 0 Å². The molecule has 2 aromatic carbocycles. The van der Waals surface area contributed by atoms with Crippen LogP contribution < -0.4 is 20.4 Å². The molecule has 0 bridgehead atoms. The molecule has 7 nitrogen and oxygen atoms in total. The van der Waals surface area contributed by atoms with E-state index in [0.717, 1.165) is 5.69 Å². The Morgan fingerprint density at radius 2 is 1.81 bits per heavy atom. The fourth-order valence-corrected chi connectivity index (χ4v) is 2.62. The highest BCUT2D eigenvalue weighted by Crippen LogP contribution is 2.31. The minimum atomic E-state index is -1.38. The zero-order valence-corrected chi connectivity index (χ0v) is 14.1. The summed E-state index contributed by atoms with van der Waals surface area (Å²) < 4.78 is 0. The minimum Gasteiger partial charge on any atom is -0.545 e. The smallest absolute Gasteiger partial charge is 0.0752 e. The van der Waals surface area contributed by atoms with E-state index in [1.54, 1.807) is 24.3 Å². The van der Waals surface area contributed by atoms with E-state index in [-0.39, 0.29) is 16.8 Å². The number of aromatic carboxylic acids is 2. The van der Waals surface area contributed by atoms with Gasteiger partial charge in [0.15, 0.2) is 0 Å².